The van der Waals surface area contributed by atoms with E-state index in [2.05, 4.69) is 15.9 Å². The molecule has 110 valence electrons. The minimum absolute atomic E-state index is 0.0431. The first-order valence-corrected chi connectivity index (χ1v) is 6.81. The monoisotopic (exact) mass is 330 g/mol. The van der Waals surface area contributed by atoms with Crippen LogP contribution < -0.4 is 0 Å². The van der Waals surface area contributed by atoms with Crippen LogP contribution in [0.5, 0.6) is 0 Å². The van der Waals surface area contributed by atoms with Gasteiger partial charge in [0.2, 0.25) is 0 Å². The van der Waals surface area contributed by atoms with Crippen LogP contribution in [0.1, 0.15) is 0 Å². The zero-order valence-electron chi connectivity index (χ0n) is 10.8. The highest BCUT2D eigenvalue weighted by Crippen LogP contribution is 1.99. The number of methoxy groups -OCH3 is 1. The second-order valence-electron chi connectivity index (χ2n) is 3.28. The second kappa shape index (κ2) is 15.3. The maximum atomic E-state index is 8.45. The Kier molecular flexibility index (Phi) is 15.5. The maximum Gasteiger partial charge on any atom is 0.135 e. The van der Waals surface area contributed by atoms with Gasteiger partial charge in [-0.25, -0.2) is 0 Å². The summed E-state index contributed by atoms with van der Waals surface area (Å²) in [5.74, 6) is 0. The number of aliphatic hydroxyl groups is 1. The fourth-order valence-electron chi connectivity index (χ4n) is 0.968. The van der Waals surface area contributed by atoms with Gasteiger partial charge in [0.25, 0.3) is 0 Å². The summed E-state index contributed by atoms with van der Waals surface area (Å²) in [5, 5.41) is 8.38. The number of hydrogen-bond acceptors (Lipinski definition) is 6. The molecule has 0 aromatic heterocycles. The number of rotatable bonds is 14. The molecule has 0 aliphatic heterocycles. The number of alkyl halides is 1. The topological polar surface area (TPSA) is 66.4 Å². The quantitative estimate of drug-likeness (QED) is 0.367. The Morgan fingerprint density at radius 2 is 1.28 bits per heavy atom. The molecule has 1 N–H and O–H groups in total. The van der Waals surface area contributed by atoms with Crippen molar-refractivity contribution in [1.82, 2.24) is 0 Å². The van der Waals surface area contributed by atoms with Crippen LogP contribution in [0.3, 0.4) is 0 Å². The van der Waals surface area contributed by atoms with Gasteiger partial charge in [0.15, 0.2) is 0 Å². The zero-order chi connectivity index (χ0) is 13.5. The molecule has 18 heavy (non-hydrogen) atoms. The van der Waals surface area contributed by atoms with Crippen molar-refractivity contribution in [2.45, 2.75) is 5.01 Å². The summed E-state index contributed by atoms with van der Waals surface area (Å²) in [5.41, 5.74) is 0. The van der Waals surface area contributed by atoms with E-state index in [1.54, 1.807) is 7.11 Å². The van der Waals surface area contributed by atoms with Gasteiger partial charge in [0.05, 0.1) is 59.5 Å². The molecular weight excluding hydrogens is 308 g/mol. The molecule has 0 aliphatic rings. The van der Waals surface area contributed by atoms with Gasteiger partial charge >= 0.3 is 0 Å². The highest BCUT2D eigenvalue weighted by atomic mass is 79.9. The van der Waals surface area contributed by atoms with Gasteiger partial charge < -0.3 is 28.8 Å². The van der Waals surface area contributed by atoms with Crippen molar-refractivity contribution in [3.05, 3.63) is 0 Å². The van der Waals surface area contributed by atoms with E-state index in [1.165, 1.54) is 0 Å². The summed E-state index contributed by atoms with van der Waals surface area (Å²) >= 11 is 3.27. The fraction of sp³-hybridized carbons (Fsp3) is 1.00. The van der Waals surface area contributed by atoms with Gasteiger partial charge in [-0.05, 0) is 0 Å². The molecule has 0 radical (unpaired) electrons. The lowest BCUT2D eigenvalue weighted by molar-refractivity contribution is -0.0128. The average molecular weight is 331 g/mol. The molecule has 0 fully saturated rings. The molecule has 0 spiro atoms. The van der Waals surface area contributed by atoms with Gasteiger partial charge in [0.1, 0.15) is 5.01 Å². The molecule has 0 bridgehead atoms. The largest absolute Gasteiger partial charge is 0.394 e. The number of halogens is 1. The third-order valence-corrected chi connectivity index (χ3v) is 2.49. The van der Waals surface area contributed by atoms with Crippen molar-refractivity contribution >= 4 is 15.9 Å². The summed E-state index contributed by atoms with van der Waals surface area (Å²) in [6.07, 6.45) is 0. The van der Waals surface area contributed by atoms with Gasteiger partial charge in [-0.2, -0.15) is 0 Å². The van der Waals surface area contributed by atoms with Crippen LogP contribution in [0.15, 0.2) is 0 Å². The smallest absolute Gasteiger partial charge is 0.135 e. The Hall–Kier alpha value is 0.240. The van der Waals surface area contributed by atoms with Gasteiger partial charge in [0, 0.05) is 7.11 Å². The van der Waals surface area contributed by atoms with Gasteiger partial charge in [-0.15, -0.1) is 0 Å². The Balaban J connectivity index is 2.94. The van der Waals surface area contributed by atoms with E-state index in [9.17, 15) is 0 Å². The van der Waals surface area contributed by atoms with Gasteiger partial charge in [-0.1, -0.05) is 15.9 Å². The van der Waals surface area contributed by atoms with E-state index in [0.29, 0.717) is 52.9 Å². The first-order chi connectivity index (χ1) is 8.81. The highest BCUT2D eigenvalue weighted by molar-refractivity contribution is 9.09. The number of ether oxygens (including phenoxy) is 5. The van der Waals surface area contributed by atoms with E-state index in [4.69, 9.17) is 28.8 Å². The van der Waals surface area contributed by atoms with Crippen LogP contribution in [0, 0.1) is 0 Å². The first-order valence-electron chi connectivity index (χ1n) is 5.90. The van der Waals surface area contributed by atoms with Crippen molar-refractivity contribution in [2.75, 3.05) is 66.6 Å². The number of hydrogen-bond donors (Lipinski definition) is 1. The summed E-state index contributed by atoms with van der Waals surface area (Å²) in [7, 11) is 1.61. The molecular formula is C11H23BrO6. The first kappa shape index (κ1) is 18.2. The van der Waals surface area contributed by atoms with Gasteiger partial charge in [-0.3, -0.25) is 0 Å². The lowest BCUT2D eigenvalue weighted by Gasteiger charge is -2.09. The molecule has 0 saturated carbocycles. The van der Waals surface area contributed by atoms with E-state index in [1.807, 2.05) is 0 Å². The van der Waals surface area contributed by atoms with Crippen LogP contribution >= 0.6 is 15.9 Å². The second-order valence-corrected chi connectivity index (χ2v) is 4.30. The van der Waals surface area contributed by atoms with Crippen molar-refractivity contribution < 1.29 is 28.8 Å². The third-order valence-electron chi connectivity index (χ3n) is 1.86. The molecule has 0 aromatic carbocycles. The van der Waals surface area contributed by atoms with Crippen LogP contribution in [-0.2, 0) is 23.7 Å². The van der Waals surface area contributed by atoms with Crippen LogP contribution in [0.2, 0.25) is 0 Å². The normalized spacial score (nSPS) is 12.8. The summed E-state index contributed by atoms with van der Waals surface area (Å²) in [6, 6.07) is 0. The highest BCUT2D eigenvalue weighted by Gasteiger charge is 2.00. The fourth-order valence-corrected chi connectivity index (χ4v) is 1.16. The van der Waals surface area contributed by atoms with Crippen LogP contribution in [0.25, 0.3) is 0 Å². The van der Waals surface area contributed by atoms with Crippen molar-refractivity contribution in [3.8, 4) is 0 Å². The van der Waals surface area contributed by atoms with E-state index in [-0.39, 0.29) is 11.6 Å². The predicted octanol–water partition coefficient (Wildman–Crippen LogP) is 0.413. The molecule has 0 rings (SSSR count). The zero-order valence-corrected chi connectivity index (χ0v) is 12.4. The van der Waals surface area contributed by atoms with Crippen molar-refractivity contribution in [2.24, 2.45) is 0 Å². The number of aliphatic hydroxyl groups excluding tert-OH is 1. The molecule has 0 aromatic rings. The predicted molar refractivity (Wildman–Crippen MR) is 70.1 cm³/mol. The Labute approximate surface area is 117 Å². The molecule has 0 saturated heterocycles. The summed E-state index contributed by atoms with van der Waals surface area (Å²) in [6.45, 7) is 4.03. The molecule has 0 heterocycles. The van der Waals surface area contributed by atoms with Crippen LogP contribution in [0.4, 0.5) is 0 Å². The van der Waals surface area contributed by atoms with Crippen molar-refractivity contribution in [3.63, 3.8) is 0 Å². The molecule has 0 aliphatic carbocycles. The lowest BCUT2D eigenvalue weighted by Crippen LogP contribution is -2.15. The Morgan fingerprint density at radius 1 is 0.833 bits per heavy atom. The standard InChI is InChI=1S/C11H23BrO6/c1-14-11(12)10-18-9-8-17-7-6-16-5-4-15-3-2-13/h11,13H,2-10H2,1H3. The molecule has 1 unspecified atom stereocenters. The Bertz CT molecular complexity index is 160. The minimum atomic E-state index is -0.0697. The Morgan fingerprint density at radius 3 is 1.72 bits per heavy atom. The molecule has 0 amide bonds. The molecule has 1 atom stereocenters. The van der Waals surface area contributed by atoms with E-state index < -0.39 is 0 Å². The lowest BCUT2D eigenvalue weighted by atomic mass is 10.7. The average Bonchev–Trinajstić information content (AvgIpc) is 2.39. The van der Waals surface area contributed by atoms with Crippen LogP contribution in [-0.4, -0.2) is 76.7 Å². The molecule has 6 nitrogen and oxygen atoms in total. The molecule has 7 heteroatoms. The van der Waals surface area contributed by atoms with Crippen molar-refractivity contribution in [1.29, 1.82) is 0 Å². The minimum Gasteiger partial charge on any atom is -0.394 e. The third kappa shape index (κ3) is 14.3. The van der Waals surface area contributed by atoms with E-state index in [0.717, 1.165) is 0 Å². The summed E-state index contributed by atoms with van der Waals surface area (Å²) < 4.78 is 25.8. The van der Waals surface area contributed by atoms with E-state index >= 15 is 0 Å². The SMILES string of the molecule is COC(Br)COCCOCCOCCOCCO. The maximum absolute atomic E-state index is 8.45. The summed E-state index contributed by atoms with van der Waals surface area (Å²) in [4.78, 5) is 0.